The summed E-state index contributed by atoms with van der Waals surface area (Å²) in [5.41, 5.74) is 2.74. The van der Waals surface area contributed by atoms with Gasteiger partial charge in [-0.3, -0.25) is 4.68 Å². The van der Waals surface area contributed by atoms with Gasteiger partial charge in [0.15, 0.2) is 11.5 Å². The van der Waals surface area contributed by atoms with Crippen LogP contribution in [0.4, 0.5) is 0 Å². The molecule has 0 aliphatic rings. The molecule has 7 heteroatoms. The molecule has 0 bridgehead atoms. The number of pyridine rings is 1. The zero-order valence-corrected chi connectivity index (χ0v) is 12.3. The summed E-state index contributed by atoms with van der Waals surface area (Å²) in [7, 11) is 1.84. The van der Waals surface area contributed by atoms with Crippen molar-refractivity contribution in [3.63, 3.8) is 0 Å². The largest absolute Gasteiger partial charge is 0.304 e. The van der Waals surface area contributed by atoms with Gasteiger partial charge in [0.2, 0.25) is 0 Å². The number of fused-ring (bicyclic) bond motifs is 1. The number of rotatable bonds is 3. The quantitative estimate of drug-likeness (QED) is 0.694. The van der Waals surface area contributed by atoms with Crippen LogP contribution in [0.3, 0.4) is 0 Å². The second-order valence-corrected chi connectivity index (χ2v) is 5.52. The number of aryl methyl sites for hydroxylation is 2. The Labute approximate surface area is 121 Å². The van der Waals surface area contributed by atoms with Gasteiger partial charge in [-0.25, -0.2) is 15.0 Å². The Morgan fingerprint density at radius 2 is 2.15 bits per heavy atom. The van der Waals surface area contributed by atoms with Crippen LogP contribution in [0.15, 0.2) is 18.6 Å². The van der Waals surface area contributed by atoms with E-state index in [0.717, 1.165) is 22.6 Å². The predicted octanol–water partition coefficient (Wildman–Crippen LogP) is 2.22. The van der Waals surface area contributed by atoms with Gasteiger partial charge in [0, 0.05) is 13.2 Å². The van der Waals surface area contributed by atoms with Crippen molar-refractivity contribution in [3.05, 3.63) is 35.8 Å². The molecule has 0 amide bonds. The van der Waals surface area contributed by atoms with Gasteiger partial charge in [0.1, 0.15) is 17.7 Å². The molecule has 0 aliphatic carbocycles. The van der Waals surface area contributed by atoms with Crippen molar-refractivity contribution in [2.45, 2.75) is 25.8 Å². The third-order valence-corrected chi connectivity index (χ3v) is 3.25. The first kappa shape index (κ1) is 13.1. The van der Waals surface area contributed by atoms with E-state index in [-0.39, 0.29) is 5.38 Å². The van der Waals surface area contributed by atoms with Gasteiger partial charge in [-0.1, -0.05) is 0 Å². The Bertz CT molecular complexity index is 757. The third kappa shape index (κ3) is 2.27. The molecule has 0 aromatic carbocycles. The smallest absolute Gasteiger partial charge is 0.170 e. The van der Waals surface area contributed by atoms with Crippen molar-refractivity contribution in [1.82, 2.24) is 29.3 Å². The maximum atomic E-state index is 6.23. The van der Waals surface area contributed by atoms with Crippen molar-refractivity contribution < 1.29 is 0 Å². The van der Waals surface area contributed by atoms with Crippen molar-refractivity contribution in [2.75, 3.05) is 0 Å². The molecular weight excluding hydrogens is 276 g/mol. The monoisotopic (exact) mass is 290 g/mol. The van der Waals surface area contributed by atoms with Gasteiger partial charge in [-0.15, -0.1) is 11.6 Å². The van der Waals surface area contributed by atoms with Gasteiger partial charge in [0.25, 0.3) is 0 Å². The van der Waals surface area contributed by atoms with Gasteiger partial charge in [-0.2, -0.15) is 5.10 Å². The summed E-state index contributed by atoms with van der Waals surface area (Å²) in [6.07, 6.45) is 3.50. The zero-order valence-electron chi connectivity index (χ0n) is 11.6. The molecule has 0 saturated heterocycles. The minimum absolute atomic E-state index is 0.201. The van der Waals surface area contributed by atoms with Crippen LogP contribution in [0.1, 0.15) is 29.5 Å². The Hall–Kier alpha value is -1.95. The second kappa shape index (κ2) is 4.86. The highest BCUT2D eigenvalue weighted by atomic mass is 35.5. The fourth-order valence-corrected chi connectivity index (χ4v) is 2.35. The first-order valence-corrected chi connectivity index (χ1v) is 6.79. The van der Waals surface area contributed by atoms with Gasteiger partial charge >= 0.3 is 0 Å². The van der Waals surface area contributed by atoms with E-state index < -0.39 is 0 Å². The van der Waals surface area contributed by atoms with Gasteiger partial charge < -0.3 is 4.57 Å². The number of hydrogen-bond acceptors (Lipinski definition) is 4. The molecule has 3 heterocycles. The van der Waals surface area contributed by atoms with E-state index in [1.807, 2.05) is 37.7 Å². The summed E-state index contributed by atoms with van der Waals surface area (Å²) in [6, 6.07) is 2.01. The molecule has 0 saturated carbocycles. The molecule has 0 aliphatic heterocycles. The molecule has 3 rings (SSSR count). The fourth-order valence-electron chi connectivity index (χ4n) is 2.19. The minimum atomic E-state index is -0.201. The zero-order chi connectivity index (χ0) is 14.3. The summed E-state index contributed by atoms with van der Waals surface area (Å²) in [5, 5.41) is 4.10. The number of alkyl halides is 1. The van der Waals surface area contributed by atoms with Crippen molar-refractivity contribution in [2.24, 2.45) is 7.05 Å². The highest BCUT2D eigenvalue weighted by molar-refractivity contribution is 6.20. The van der Waals surface area contributed by atoms with Crippen LogP contribution < -0.4 is 0 Å². The Morgan fingerprint density at radius 3 is 2.80 bits per heavy atom. The summed E-state index contributed by atoms with van der Waals surface area (Å²) in [4.78, 5) is 13.3. The average molecular weight is 291 g/mol. The topological polar surface area (TPSA) is 61.4 Å². The molecule has 3 aromatic heterocycles. The van der Waals surface area contributed by atoms with Crippen LogP contribution in [-0.2, 0) is 13.6 Å². The molecule has 1 atom stereocenters. The molecule has 104 valence electrons. The normalized spacial score (nSPS) is 13.0. The van der Waals surface area contributed by atoms with Crippen LogP contribution in [0.2, 0.25) is 0 Å². The first-order valence-electron chi connectivity index (χ1n) is 6.36. The Kier molecular flexibility index (Phi) is 3.17. The fraction of sp³-hybridized carbons (Fsp3) is 0.385. The second-order valence-electron chi connectivity index (χ2n) is 4.86. The number of nitrogens with zero attached hydrogens (tertiary/aromatic N) is 6. The Balaban J connectivity index is 2.13. The third-order valence-electron chi connectivity index (χ3n) is 3.05. The number of aromatic nitrogens is 6. The van der Waals surface area contributed by atoms with E-state index in [9.17, 15) is 0 Å². The van der Waals surface area contributed by atoms with E-state index in [1.165, 1.54) is 0 Å². The number of halogens is 1. The average Bonchev–Trinajstić information content (AvgIpc) is 2.94. The lowest BCUT2D eigenvalue weighted by molar-refractivity contribution is 0.680. The summed E-state index contributed by atoms with van der Waals surface area (Å²) >= 11 is 6.23. The lowest BCUT2D eigenvalue weighted by Gasteiger charge is -2.07. The van der Waals surface area contributed by atoms with Crippen molar-refractivity contribution >= 4 is 22.8 Å². The molecule has 0 N–H and O–H groups in total. The lowest BCUT2D eigenvalue weighted by Crippen LogP contribution is -2.08. The van der Waals surface area contributed by atoms with E-state index in [4.69, 9.17) is 11.6 Å². The molecule has 6 nitrogen and oxygen atoms in total. The van der Waals surface area contributed by atoms with E-state index >= 15 is 0 Å². The Morgan fingerprint density at radius 1 is 1.35 bits per heavy atom. The van der Waals surface area contributed by atoms with Crippen molar-refractivity contribution in [3.8, 4) is 0 Å². The molecule has 0 fully saturated rings. The van der Waals surface area contributed by atoms with Crippen LogP contribution >= 0.6 is 11.6 Å². The van der Waals surface area contributed by atoms with Crippen LogP contribution in [0.25, 0.3) is 11.2 Å². The molecule has 3 aromatic rings. The maximum Gasteiger partial charge on any atom is 0.170 e. The summed E-state index contributed by atoms with van der Waals surface area (Å²) in [6.45, 7) is 4.41. The molecular formula is C13H15ClN6. The SMILES string of the molecule is Cc1cnc2c(c1)nc(C(C)Cl)n2Cc1ncn(C)n1. The van der Waals surface area contributed by atoms with Gasteiger partial charge in [0.05, 0.1) is 11.9 Å². The van der Waals surface area contributed by atoms with E-state index in [1.54, 1.807) is 11.0 Å². The van der Waals surface area contributed by atoms with Crippen LogP contribution in [0, 0.1) is 6.92 Å². The van der Waals surface area contributed by atoms with E-state index in [2.05, 4.69) is 20.1 Å². The molecule has 1 unspecified atom stereocenters. The van der Waals surface area contributed by atoms with Crippen LogP contribution in [-0.4, -0.2) is 29.3 Å². The van der Waals surface area contributed by atoms with Gasteiger partial charge in [-0.05, 0) is 25.5 Å². The highest BCUT2D eigenvalue weighted by Gasteiger charge is 2.17. The number of hydrogen-bond donors (Lipinski definition) is 0. The van der Waals surface area contributed by atoms with Crippen molar-refractivity contribution in [1.29, 1.82) is 0 Å². The predicted molar refractivity (Wildman–Crippen MR) is 76.6 cm³/mol. The standard InChI is InChI=1S/C13H15ClN6/c1-8-4-10-13(15-5-8)20(12(17-10)9(2)14)6-11-16-7-19(3)18-11/h4-5,7,9H,6H2,1-3H3. The minimum Gasteiger partial charge on any atom is -0.304 e. The molecule has 20 heavy (non-hydrogen) atoms. The first-order chi connectivity index (χ1) is 9.54. The lowest BCUT2D eigenvalue weighted by atomic mass is 10.3. The van der Waals surface area contributed by atoms with Crippen LogP contribution in [0.5, 0.6) is 0 Å². The molecule has 0 spiro atoms. The molecule has 0 radical (unpaired) electrons. The highest BCUT2D eigenvalue weighted by Crippen LogP contribution is 2.24. The summed E-state index contributed by atoms with van der Waals surface area (Å²) in [5.74, 6) is 1.50. The summed E-state index contributed by atoms with van der Waals surface area (Å²) < 4.78 is 3.65. The van der Waals surface area contributed by atoms with E-state index in [0.29, 0.717) is 12.4 Å². The number of imidazole rings is 1. The maximum absolute atomic E-state index is 6.23.